The molecule has 0 radical (unpaired) electrons. The molecule has 0 aromatic rings. The summed E-state index contributed by atoms with van der Waals surface area (Å²) in [6.07, 6.45) is 0.426. The van der Waals surface area contributed by atoms with Gasteiger partial charge in [-0.2, -0.15) is 0 Å². The average Bonchev–Trinajstić information content (AvgIpc) is 2.11. The van der Waals surface area contributed by atoms with Crippen LogP contribution in [0.25, 0.3) is 0 Å². The first-order valence-electron chi connectivity index (χ1n) is 3.85. The molecular formula is C8H15NO4. The first-order chi connectivity index (χ1) is 5.99. The van der Waals surface area contributed by atoms with Gasteiger partial charge >= 0.3 is 0 Å². The molecule has 1 amide bonds. The lowest BCUT2D eigenvalue weighted by Gasteiger charge is -2.11. The normalized spacial score (nSPS) is 15.8. The zero-order valence-corrected chi connectivity index (χ0v) is 7.97. The van der Waals surface area contributed by atoms with Gasteiger partial charge in [-0.25, -0.2) is 5.06 Å². The van der Waals surface area contributed by atoms with Gasteiger partial charge in [0.25, 0.3) is 5.91 Å². The van der Waals surface area contributed by atoms with E-state index in [0.29, 0.717) is 0 Å². The van der Waals surface area contributed by atoms with Crippen LogP contribution in [0.5, 0.6) is 0 Å². The van der Waals surface area contributed by atoms with E-state index in [4.69, 9.17) is 10.2 Å². The molecule has 0 aromatic heterocycles. The SMILES string of the molecule is CON(C)C(=O)/C=C/[C@@H](O)[C@@H](C)O. The van der Waals surface area contributed by atoms with Crippen molar-refractivity contribution in [2.24, 2.45) is 0 Å². The van der Waals surface area contributed by atoms with Gasteiger partial charge in [0.1, 0.15) is 0 Å². The van der Waals surface area contributed by atoms with E-state index in [1.165, 1.54) is 27.2 Å². The lowest BCUT2D eigenvalue weighted by Crippen LogP contribution is -2.25. The number of carbonyl (C=O) groups excluding carboxylic acids is 1. The molecule has 5 nitrogen and oxygen atoms in total. The van der Waals surface area contributed by atoms with Crippen LogP contribution in [0.15, 0.2) is 12.2 Å². The van der Waals surface area contributed by atoms with E-state index in [1.807, 2.05) is 0 Å². The molecule has 0 aromatic carbocycles. The van der Waals surface area contributed by atoms with Gasteiger partial charge in [0.05, 0.1) is 19.3 Å². The number of aliphatic hydroxyl groups excluding tert-OH is 2. The number of amides is 1. The van der Waals surface area contributed by atoms with Crippen molar-refractivity contribution in [3.05, 3.63) is 12.2 Å². The van der Waals surface area contributed by atoms with E-state index in [9.17, 15) is 4.79 Å². The fraction of sp³-hybridized carbons (Fsp3) is 0.625. The minimum absolute atomic E-state index is 0.401. The predicted molar refractivity (Wildman–Crippen MR) is 46.6 cm³/mol. The summed E-state index contributed by atoms with van der Waals surface area (Å²) in [4.78, 5) is 15.6. The summed E-state index contributed by atoms with van der Waals surface area (Å²) in [5, 5.41) is 19.0. The number of likely N-dealkylation sites (N-methyl/N-ethyl adjacent to an activating group) is 1. The smallest absolute Gasteiger partial charge is 0.269 e. The minimum Gasteiger partial charge on any atom is -0.390 e. The van der Waals surface area contributed by atoms with Crippen LogP contribution in [0.4, 0.5) is 0 Å². The standard InChI is InChI=1S/C8H15NO4/c1-6(10)7(11)4-5-8(12)9(2)13-3/h4-7,10-11H,1-3H3/b5-4+/t6-,7-/m1/s1. The Morgan fingerprint density at radius 3 is 2.46 bits per heavy atom. The van der Waals surface area contributed by atoms with Crippen molar-refractivity contribution in [2.45, 2.75) is 19.1 Å². The second-order valence-corrected chi connectivity index (χ2v) is 2.61. The van der Waals surface area contributed by atoms with Crippen molar-refractivity contribution in [2.75, 3.05) is 14.2 Å². The van der Waals surface area contributed by atoms with Crippen molar-refractivity contribution in [3.8, 4) is 0 Å². The van der Waals surface area contributed by atoms with Gasteiger partial charge in [0.2, 0.25) is 0 Å². The molecule has 0 saturated carbocycles. The lowest BCUT2D eigenvalue weighted by molar-refractivity contribution is -0.162. The Hall–Kier alpha value is -0.910. The second kappa shape index (κ2) is 5.69. The van der Waals surface area contributed by atoms with Crippen LogP contribution < -0.4 is 0 Å². The molecule has 0 bridgehead atoms. The third kappa shape index (κ3) is 4.62. The van der Waals surface area contributed by atoms with E-state index >= 15 is 0 Å². The molecule has 0 spiro atoms. The Labute approximate surface area is 77.2 Å². The minimum atomic E-state index is -1.03. The van der Waals surface area contributed by atoms with E-state index in [1.54, 1.807) is 0 Å². The van der Waals surface area contributed by atoms with E-state index in [2.05, 4.69) is 4.84 Å². The van der Waals surface area contributed by atoms with Gasteiger partial charge < -0.3 is 10.2 Å². The molecule has 0 fully saturated rings. The fourth-order valence-electron chi connectivity index (χ4n) is 0.537. The molecule has 0 aliphatic rings. The topological polar surface area (TPSA) is 70.0 Å². The molecule has 0 aliphatic carbocycles. The van der Waals surface area contributed by atoms with E-state index < -0.39 is 18.1 Å². The number of carbonyl (C=O) groups is 1. The van der Waals surface area contributed by atoms with E-state index in [0.717, 1.165) is 11.1 Å². The summed E-state index contributed by atoms with van der Waals surface area (Å²) >= 11 is 0. The molecule has 0 aliphatic heterocycles. The summed E-state index contributed by atoms with van der Waals surface area (Å²) < 4.78 is 0. The van der Waals surface area contributed by atoms with Gasteiger partial charge in [-0.05, 0) is 13.0 Å². The Morgan fingerprint density at radius 1 is 1.54 bits per heavy atom. The van der Waals surface area contributed by atoms with Crippen LogP contribution in [-0.2, 0) is 9.63 Å². The van der Waals surface area contributed by atoms with Crippen molar-refractivity contribution < 1.29 is 19.8 Å². The lowest BCUT2D eigenvalue weighted by atomic mass is 10.2. The summed E-state index contributed by atoms with van der Waals surface area (Å²) in [6.45, 7) is 1.43. The summed E-state index contributed by atoms with van der Waals surface area (Å²) in [6, 6.07) is 0. The molecule has 2 atom stereocenters. The highest BCUT2D eigenvalue weighted by Crippen LogP contribution is 1.95. The highest BCUT2D eigenvalue weighted by molar-refractivity contribution is 5.86. The Bertz CT molecular complexity index is 191. The molecule has 0 unspecified atom stereocenters. The number of aliphatic hydroxyl groups is 2. The highest BCUT2D eigenvalue weighted by Gasteiger charge is 2.08. The average molecular weight is 189 g/mol. The van der Waals surface area contributed by atoms with Gasteiger partial charge in [0.15, 0.2) is 0 Å². The molecule has 0 saturated heterocycles. The van der Waals surface area contributed by atoms with E-state index in [-0.39, 0.29) is 0 Å². The number of hydroxylamine groups is 2. The van der Waals surface area contributed by atoms with Crippen molar-refractivity contribution in [1.82, 2.24) is 5.06 Å². The molecule has 13 heavy (non-hydrogen) atoms. The van der Waals surface area contributed by atoms with Gasteiger partial charge in [0, 0.05) is 13.1 Å². The van der Waals surface area contributed by atoms with Crippen LogP contribution >= 0.6 is 0 Å². The predicted octanol–water partition coefficient (Wildman–Crippen LogP) is -0.696. The van der Waals surface area contributed by atoms with Gasteiger partial charge in [-0.1, -0.05) is 0 Å². The summed E-state index contributed by atoms with van der Waals surface area (Å²) in [5.41, 5.74) is 0. The van der Waals surface area contributed by atoms with Crippen LogP contribution in [0.1, 0.15) is 6.92 Å². The monoisotopic (exact) mass is 189 g/mol. The van der Waals surface area contributed by atoms with Crippen molar-refractivity contribution in [3.63, 3.8) is 0 Å². The Morgan fingerprint density at radius 2 is 2.08 bits per heavy atom. The van der Waals surface area contributed by atoms with Crippen molar-refractivity contribution >= 4 is 5.91 Å². The first-order valence-corrected chi connectivity index (χ1v) is 3.85. The van der Waals surface area contributed by atoms with Gasteiger partial charge in [-0.15, -0.1) is 0 Å². The quantitative estimate of drug-likeness (QED) is 0.453. The maximum absolute atomic E-state index is 11.0. The largest absolute Gasteiger partial charge is 0.390 e. The molecule has 2 N–H and O–H groups in total. The summed E-state index contributed by atoms with van der Waals surface area (Å²) in [7, 11) is 2.80. The number of nitrogens with zero attached hydrogens (tertiary/aromatic N) is 1. The highest BCUT2D eigenvalue weighted by atomic mass is 16.7. The zero-order chi connectivity index (χ0) is 10.4. The van der Waals surface area contributed by atoms with Crippen LogP contribution in [0.3, 0.4) is 0 Å². The maximum atomic E-state index is 11.0. The maximum Gasteiger partial charge on any atom is 0.269 e. The molecule has 0 heterocycles. The molecule has 5 heteroatoms. The summed E-state index contributed by atoms with van der Waals surface area (Å²) in [5.74, 6) is -0.401. The van der Waals surface area contributed by atoms with Crippen LogP contribution in [-0.4, -0.2) is 47.5 Å². The van der Waals surface area contributed by atoms with Crippen molar-refractivity contribution in [1.29, 1.82) is 0 Å². The molecule has 0 rings (SSSR count). The second-order valence-electron chi connectivity index (χ2n) is 2.61. The Kier molecular flexibility index (Phi) is 5.29. The third-order valence-corrected chi connectivity index (χ3v) is 1.51. The number of rotatable bonds is 4. The molecule has 76 valence electrons. The zero-order valence-electron chi connectivity index (χ0n) is 7.97. The fourth-order valence-corrected chi connectivity index (χ4v) is 0.537. The number of hydrogen-bond acceptors (Lipinski definition) is 4. The third-order valence-electron chi connectivity index (χ3n) is 1.51. The Balaban J connectivity index is 4.04. The first kappa shape index (κ1) is 12.1. The van der Waals surface area contributed by atoms with Crippen LogP contribution in [0, 0.1) is 0 Å². The number of hydrogen-bond donors (Lipinski definition) is 2. The molecular weight excluding hydrogens is 174 g/mol. The van der Waals surface area contributed by atoms with Gasteiger partial charge in [-0.3, -0.25) is 9.63 Å². The van der Waals surface area contributed by atoms with Crippen LogP contribution in [0.2, 0.25) is 0 Å².